The predicted octanol–water partition coefficient (Wildman–Crippen LogP) is -0.960. The maximum atomic E-state index is 12.3. The molecule has 0 aliphatic carbocycles. The lowest BCUT2D eigenvalue weighted by Gasteiger charge is -2.31. The highest BCUT2D eigenvalue weighted by Crippen LogP contribution is 2.11. The summed E-state index contributed by atoms with van der Waals surface area (Å²) in [5, 5.41) is 18.3. The van der Waals surface area contributed by atoms with E-state index in [0.29, 0.717) is 31.5 Å². The summed E-state index contributed by atoms with van der Waals surface area (Å²) in [6, 6.07) is 4.25. The van der Waals surface area contributed by atoms with E-state index in [1.54, 1.807) is 4.90 Å². The Bertz CT molecular complexity index is 519. The summed E-state index contributed by atoms with van der Waals surface area (Å²) in [4.78, 5) is 25.0. The van der Waals surface area contributed by atoms with Crippen LogP contribution in [-0.2, 0) is 4.74 Å². The van der Waals surface area contributed by atoms with Crippen molar-refractivity contribution in [3.05, 3.63) is 29.3 Å². The van der Waals surface area contributed by atoms with Gasteiger partial charge in [0.15, 0.2) is 0 Å². The smallest absolute Gasteiger partial charge is 0.423 e. The molecule has 0 bridgehead atoms. The zero-order valence-electron chi connectivity index (χ0n) is 11.2. The molecular weight excluding hydrogens is 261 g/mol. The Balaban J connectivity index is 2.24. The molecule has 1 saturated heterocycles. The van der Waals surface area contributed by atoms with E-state index in [1.165, 1.54) is 18.2 Å². The first-order valence-electron chi connectivity index (χ1n) is 6.39. The SMILES string of the molecule is CC1CN(C(=O)c2ccc(B(O)O)c(C=O)c2)CCO1. The first kappa shape index (κ1) is 14.7. The van der Waals surface area contributed by atoms with E-state index < -0.39 is 7.12 Å². The summed E-state index contributed by atoms with van der Waals surface area (Å²) < 4.78 is 5.37. The number of hydrogen-bond acceptors (Lipinski definition) is 5. The number of carbonyl (C=O) groups is 2. The number of benzene rings is 1. The van der Waals surface area contributed by atoms with E-state index in [0.717, 1.165) is 0 Å². The molecule has 2 N–H and O–H groups in total. The number of hydrogen-bond donors (Lipinski definition) is 2. The van der Waals surface area contributed by atoms with Crippen molar-refractivity contribution in [1.82, 2.24) is 4.90 Å². The molecule has 1 aromatic carbocycles. The molecular formula is C13H16BNO5. The number of aldehydes is 1. The fraction of sp³-hybridized carbons (Fsp3) is 0.385. The maximum Gasteiger partial charge on any atom is 0.489 e. The third-order valence-corrected chi connectivity index (χ3v) is 3.27. The lowest BCUT2D eigenvalue weighted by molar-refractivity contribution is -0.0124. The van der Waals surface area contributed by atoms with Crippen molar-refractivity contribution in [2.45, 2.75) is 13.0 Å². The maximum absolute atomic E-state index is 12.3. The molecule has 0 aromatic heterocycles. The van der Waals surface area contributed by atoms with Crippen LogP contribution < -0.4 is 5.46 Å². The highest BCUT2D eigenvalue weighted by atomic mass is 16.5. The topological polar surface area (TPSA) is 87.1 Å². The fourth-order valence-corrected chi connectivity index (χ4v) is 2.23. The van der Waals surface area contributed by atoms with Gasteiger partial charge in [0, 0.05) is 24.2 Å². The monoisotopic (exact) mass is 277 g/mol. The average Bonchev–Trinajstić information content (AvgIpc) is 2.45. The quantitative estimate of drug-likeness (QED) is 0.549. The summed E-state index contributed by atoms with van der Waals surface area (Å²) in [5.41, 5.74) is 0.546. The Hall–Kier alpha value is -1.70. The van der Waals surface area contributed by atoms with E-state index >= 15 is 0 Å². The van der Waals surface area contributed by atoms with Crippen LogP contribution in [-0.4, -0.2) is 60.1 Å². The summed E-state index contributed by atoms with van der Waals surface area (Å²) in [7, 11) is -1.73. The first-order valence-corrected chi connectivity index (χ1v) is 6.39. The van der Waals surface area contributed by atoms with Crippen LogP contribution in [0.25, 0.3) is 0 Å². The van der Waals surface area contributed by atoms with Gasteiger partial charge in [0.2, 0.25) is 0 Å². The number of morpholine rings is 1. The third kappa shape index (κ3) is 3.06. The van der Waals surface area contributed by atoms with Gasteiger partial charge in [-0.2, -0.15) is 0 Å². The van der Waals surface area contributed by atoms with Gasteiger partial charge in [-0.1, -0.05) is 6.07 Å². The second-order valence-corrected chi connectivity index (χ2v) is 4.77. The minimum atomic E-state index is -1.73. The first-order chi connectivity index (χ1) is 9.52. The van der Waals surface area contributed by atoms with Crippen molar-refractivity contribution in [1.29, 1.82) is 0 Å². The normalized spacial score (nSPS) is 18.8. The Morgan fingerprint density at radius 2 is 2.25 bits per heavy atom. The van der Waals surface area contributed by atoms with Crippen LogP contribution in [0.1, 0.15) is 27.6 Å². The number of carbonyl (C=O) groups excluding carboxylic acids is 2. The van der Waals surface area contributed by atoms with Crippen LogP contribution in [0.5, 0.6) is 0 Å². The van der Waals surface area contributed by atoms with Crippen LogP contribution in [0.2, 0.25) is 0 Å². The van der Waals surface area contributed by atoms with Gasteiger partial charge >= 0.3 is 7.12 Å². The number of ether oxygens (including phenoxy) is 1. The zero-order chi connectivity index (χ0) is 14.7. The molecule has 1 amide bonds. The van der Waals surface area contributed by atoms with Crippen molar-refractivity contribution >= 4 is 24.8 Å². The van der Waals surface area contributed by atoms with Crippen LogP contribution in [0.4, 0.5) is 0 Å². The predicted molar refractivity (Wildman–Crippen MR) is 73.0 cm³/mol. The van der Waals surface area contributed by atoms with E-state index in [1.807, 2.05) is 6.92 Å². The van der Waals surface area contributed by atoms with Crippen molar-refractivity contribution in [2.24, 2.45) is 0 Å². The van der Waals surface area contributed by atoms with Crippen molar-refractivity contribution in [2.75, 3.05) is 19.7 Å². The molecule has 7 heteroatoms. The van der Waals surface area contributed by atoms with E-state index in [2.05, 4.69) is 0 Å². The minimum absolute atomic E-state index is 0.0169. The van der Waals surface area contributed by atoms with E-state index in [-0.39, 0.29) is 23.0 Å². The standard InChI is InChI=1S/C13H16BNO5/c1-9-7-15(4-5-20-9)13(17)10-2-3-12(14(18)19)11(6-10)8-16/h2-3,6,8-9,18-19H,4-5,7H2,1H3. The van der Waals surface area contributed by atoms with Gasteiger partial charge in [-0.15, -0.1) is 0 Å². The third-order valence-electron chi connectivity index (χ3n) is 3.27. The molecule has 6 nitrogen and oxygen atoms in total. The highest BCUT2D eigenvalue weighted by molar-refractivity contribution is 6.60. The van der Waals surface area contributed by atoms with Crippen LogP contribution in [0.15, 0.2) is 18.2 Å². The molecule has 1 heterocycles. The van der Waals surface area contributed by atoms with Crippen LogP contribution >= 0.6 is 0 Å². The molecule has 1 fully saturated rings. The van der Waals surface area contributed by atoms with Gasteiger partial charge in [0.1, 0.15) is 6.29 Å². The largest absolute Gasteiger partial charge is 0.489 e. The Morgan fingerprint density at radius 3 is 2.85 bits per heavy atom. The molecule has 1 aromatic rings. The van der Waals surface area contributed by atoms with Crippen LogP contribution in [0.3, 0.4) is 0 Å². The molecule has 1 atom stereocenters. The summed E-state index contributed by atoms with van der Waals surface area (Å²) in [5.74, 6) is -0.192. The molecule has 0 spiro atoms. The van der Waals surface area contributed by atoms with Crippen LogP contribution in [0, 0.1) is 0 Å². The zero-order valence-corrected chi connectivity index (χ0v) is 11.2. The number of amides is 1. The number of rotatable bonds is 3. The molecule has 20 heavy (non-hydrogen) atoms. The minimum Gasteiger partial charge on any atom is -0.423 e. The summed E-state index contributed by atoms with van der Waals surface area (Å²) in [6.07, 6.45) is 0.491. The molecule has 2 rings (SSSR count). The van der Waals surface area contributed by atoms with E-state index in [4.69, 9.17) is 14.8 Å². The lowest BCUT2D eigenvalue weighted by atomic mass is 9.77. The fourth-order valence-electron chi connectivity index (χ4n) is 2.23. The second-order valence-electron chi connectivity index (χ2n) is 4.77. The molecule has 0 radical (unpaired) electrons. The molecule has 0 saturated carbocycles. The van der Waals surface area contributed by atoms with Crippen molar-refractivity contribution in [3.8, 4) is 0 Å². The number of nitrogens with zero attached hydrogens (tertiary/aromatic N) is 1. The lowest BCUT2D eigenvalue weighted by Crippen LogP contribution is -2.44. The summed E-state index contributed by atoms with van der Waals surface area (Å²) in [6.45, 7) is 3.38. The van der Waals surface area contributed by atoms with Crippen molar-refractivity contribution in [3.63, 3.8) is 0 Å². The van der Waals surface area contributed by atoms with E-state index in [9.17, 15) is 9.59 Å². The van der Waals surface area contributed by atoms with Gasteiger partial charge in [-0.3, -0.25) is 9.59 Å². The van der Waals surface area contributed by atoms with Gasteiger partial charge in [0.05, 0.1) is 12.7 Å². The second kappa shape index (κ2) is 6.17. The molecule has 106 valence electrons. The Labute approximate surface area is 117 Å². The molecule has 1 aliphatic heterocycles. The Kier molecular flexibility index (Phi) is 4.54. The Morgan fingerprint density at radius 1 is 1.50 bits per heavy atom. The van der Waals surface area contributed by atoms with Gasteiger partial charge < -0.3 is 19.7 Å². The average molecular weight is 277 g/mol. The van der Waals surface area contributed by atoms with Gasteiger partial charge in [-0.25, -0.2) is 0 Å². The van der Waals surface area contributed by atoms with Gasteiger partial charge in [-0.05, 0) is 24.5 Å². The molecule has 1 aliphatic rings. The molecule has 1 unspecified atom stereocenters. The van der Waals surface area contributed by atoms with Gasteiger partial charge in [0.25, 0.3) is 5.91 Å². The van der Waals surface area contributed by atoms with Crippen molar-refractivity contribution < 1.29 is 24.4 Å². The highest BCUT2D eigenvalue weighted by Gasteiger charge is 2.24. The summed E-state index contributed by atoms with van der Waals surface area (Å²) >= 11 is 0.